The van der Waals surface area contributed by atoms with Crippen LogP contribution < -0.4 is 0 Å². The Morgan fingerprint density at radius 2 is 1.30 bits per heavy atom. The molecule has 5 rings (SSSR count). The van der Waals surface area contributed by atoms with Crippen LogP contribution in [0.1, 0.15) is 16.7 Å². The summed E-state index contributed by atoms with van der Waals surface area (Å²) in [6.07, 6.45) is 0. The van der Waals surface area contributed by atoms with E-state index in [1.165, 1.54) is 10.1 Å². The maximum absolute atomic E-state index is 12.3. The van der Waals surface area contributed by atoms with E-state index in [9.17, 15) is 5.11 Å². The first kappa shape index (κ1) is 19.3. The number of aliphatic hydroxyl groups is 1. The SMILES string of the molecule is OC(c1ccccc1)(c1ccc(Br)cc1)c1ccccc1-c1cc2ccccc2s1. The summed E-state index contributed by atoms with van der Waals surface area (Å²) >= 11 is 5.27. The Hall–Kier alpha value is -2.72. The molecule has 0 amide bonds. The third-order valence-corrected chi connectivity index (χ3v) is 7.14. The highest BCUT2D eigenvalue weighted by Gasteiger charge is 2.36. The van der Waals surface area contributed by atoms with E-state index in [1.807, 2.05) is 72.8 Å². The Morgan fingerprint density at radius 3 is 2.07 bits per heavy atom. The molecule has 0 bridgehead atoms. The topological polar surface area (TPSA) is 20.2 Å². The van der Waals surface area contributed by atoms with Crippen molar-refractivity contribution in [1.29, 1.82) is 0 Å². The van der Waals surface area contributed by atoms with Gasteiger partial charge in [0.1, 0.15) is 5.60 Å². The second-order valence-corrected chi connectivity index (χ2v) is 9.28. The maximum atomic E-state index is 12.3. The smallest absolute Gasteiger partial charge is 0.141 e. The minimum absolute atomic E-state index is 0.838. The summed E-state index contributed by atoms with van der Waals surface area (Å²) in [5.41, 5.74) is 2.35. The van der Waals surface area contributed by atoms with E-state index < -0.39 is 5.60 Å². The van der Waals surface area contributed by atoms with Gasteiger partial charge in [0, 0.05) is 19.6 Å². The van der Waals surface area contributed by atoms with Crippen molar-refractivity contribution in [2.45, 2.75) is 5.60 Å². The summed E-state index contributed by atoms with van der Waals surface area (Å²) < 4.78 is 2.23. The van der Waals surface area contributed by atoms with Crippen molar-refractivity contribution < 1.29 is 5.11 Å². The lowest BCUT2D eigenvalue weighted by molar-refractivity contribution is 0.126. The molecule has 30 heavy (non-hydrogen) atoms. The van der Waals surface area contributed by atoms with Crippen LogP contribution >= 0.6 is 27.3 Å². The summed E-state index contributed by atoms with van der Waals surface area (Å²) in [5.74, 6) is 0. The van der Waals surface area contributed by atoms with Crippen LogP contribution in [0, 0.1) is 0 Å². The average molecular weight is 471 g/mol. The first-order valence-electron chi connectivity index (χ1n) is 9.78. The summed E-state index contributed by atoms with van der Waals surface area (Å²) in [6, 6.07) is 36.6. The quantitative estimate of drug-likeness (QED) is 0.268. The van der Waals surface area contributed by atoms with Crippen molar-refractivity contribution >= 4 is 37.4 Å². The monoisotopic (exact) mass is 470 g/mol. The van der Waals surface area contributed by atoms with Crippen LogP contribution in [0.4, 0.5) is 0 Å². The van der Waals surface area contributed by atoms with Gasteiger partial charge in [0.05, 0.1) is 0 Å². The van der Waals surface area contributed by atoms with Gasteiger partial charge >= 0.3 is 0 Å². The van der Waals surface area contributed by atoms with E-state index in [0.29, 0.717) is 0 Å². The van der Waals surface area contributed by atoms with Gasteiger partial charge in [0.2, 0.25) is 0 Å². The summed E-state index contributed by atoms with van der Waals surface area (Å²) in [4.78, 5) is 1.15. The molecule has 1 atom stereocenters. The molecule has 0 aliphatic rings. The largest absolute Gasteiger partial charge is 0.376 e. The molecule has 1 unspecified atom stereocenters. The maximum Gasteiger partial charge on any atom is 0.141 e. The van der Waals surface area contributed by atoms with Gasteiger partial charge in [-0.15, -0.1) is 11.3 Å². The lowest BCUT2D eigenvalue weighted by atomic mass is 9.78. The molecule has 1 nitrogen and oxygen atoms in total. The molecular formula is C27H19BrOS. The van der Waals surface area contributed by atoms with E-state index >= 15 is 0 Å². The predicted molar refractivity (Wildman–Crippen MR) is 130 cm³/mol. The Labute approximate surface area is 188 Å². The molecule has 146 valence electrons. The lowest BCUT2D eigenvalue weighted by Gasteiger charge is -2.32. The number of rotatable bonds is 4. The van der Waals surface area contributed by atoms with Crippen molar-refractivity contribution in [3.63, 3.8) is 0 Å². The van der Waals surface area contributed by atoms with Gasteiger partial charge in [-0.05, 0) is 46.3 Å². The molecule has 3 heteroatoms. The Bertz CT molecular complexity index is 1270. The van der Waals surface area contributed by atoms with Gasteiger partial charge < -0.3 is 5.11 Å². The van der Waals surface area contributed by atoms with Gasteiger partial charge in [0.15, 0.2) is 0 Å². The van der Waals surface area contributed by atoms with Crippen LogP contribution in [0.25, 0.3) is 20.5 Å². The van der Waals surface area contributed by atoms with Gasteiger partial charge in [0.25, 0.3) is 0 Å². The van der Waals surface area contributed by atoms with Crippen LogP contribution in [0.2, 0.25) is 0 Å². The lowest BCUT2D eigenvalue weighted by Crippen LogP contribution is -2.29. The minimum atomic E-state index is -1.27. The molecule has 1 N–H and O–H groups in total. The fourth-order valence-corrected chi connectivity index (χ4v) is 5.34. The minimum Gasteiger partial charge on any atom is -0.376 e. The molecule has 0 spiro atoms. The first-order chi connectivity index (χ1) is 14.7. The van der Waals surface area contributed by atoms with E-state index in [0.717, 1.165) is 31.6 Å². The molecule has 5 aromatic rings. The average Bonchev–Trinajstić information content (AvgIpc) is 3.24. The van der Waals surface area contributed by atoms with Crippen molar-refractivity contribution in [1.82, 2.24) is 0 Å². The zero-order chi connectivity index (χ0) is 20.6. The molecule has 0 radical (unpaired) electrons. The van der Waals surface area contributed by atoms with Crippen LogP contribution in [-0.2, 0) is 5.60 Å². The summed E-state index contributed by atoms with van der Waals surface area (Å²) in [5, 5.41) is 13.5. The number of benzene rings is 4. The number of halogens is 1. The molecule has 0 aliphatic heterocycles. The highest BCUT2D eigenvalue weighted by molar-refractivity contribution is 9.10. The Morgan fingerprint density at radius 1 is 0.667 bits per heavy atom. The highest BCUT2D eigenvalue weighted by atomic mass is 79.9. The molecule has 0 fully saturated rings. The van der Waals surface area contributed by atoms with Gasteiger partial charge in [-0.3, -0.25) is 0 Å². The van der Waals surface area contributed by atoms with Gasteiger partial charge in [-0.25, -0.2) is 0 Å². The van der Waals surface area contributed by atoms with E-state index in [4.69, 9.17) is 0 Å². The zero-order valence-corrected chi connectivity index (χ0v) is 18.5. The fraction of sp³-hybridized carbons (Fsp3) is 0.0370. The second kappa shape index (κ2) is 7.84. The van der Waals surface area contributed by atoms with E-state index in [-0.39, 0.29) is 0 Å². The molecule has 1 aromatic heterocycles. The van der Waals surface area contributed by atoms with Gasteiger partial charge in [-0.2, -0.15) is 0 Å². The van der Waals surface area contributed by atoms with Crippen LogP contribution in [-0.4, -0.2) is 5.11 Å². The second-order valence-electron chi connectivity index (χ2n) is 7.28. The summed E-state index contributed by atoms with van der Waals surface area (Å²) in [7, 11) is 0. The van der Waals surface area contributed by atoms with E-state index in [1.54, 1.807) is 11.3 Å². The number of hydrogen-bond donors (Lipinski definition) is 1. The molecule has 4 aromatic carbocycles. The third-order valence-electron chi connectivity index (χ3n) is 5.46. The predicted octanol–water partition coefficient (Wildman–Crippen LogP) is 7.62. The number of thiophene rings is 1. The van der Waals surface area contributed by atoms with Crippen LogP contribution in [0.5, 0.6) is 0 Å². The Kier molecular flexibility index (Phi) is 5.03. The van der Waals surface area contributed by atoms with Gasteiger partial charge in [-0.1, -0.05) is 101 Å². The normalized spacial score (nSPS) is 13.3. The first-order valence-corrected chi connectivity index (χ1v) is 11.4. The van der Waals surface area contributed by atoms with Crippen molar-refractivity contribution in [2.24, 2.45) is 0 Å². The van der Waals surface area contributed by atoms with Crippen LogP contribution in [0.15, 0.2) is 114 Å². The molecular weight excluding hydrogens is 452 g/mol. The third kappa shape index (κ3) is 3.29. The van der Waals surface area contributed by atoms with E-state index in [2.05, 4.69) is 52.3 Å². The molecule has 0 aliphatic carbocycles. The van der Waals surface area contributed by atoms with Crippen LogP contribution in [0.3, 0.4) is 0 Å². The Balaban J connectivity index is 1.78. The summed E-state index contributed by atoms with van der Waals surface area (Å²) in [6.45, 7) is 0. The van der Waals surface area contributed by atoms with Crippen molar-refractivity contribution in [2.75, 3.05) is 0 Å². The zero-order valence-electron chi connectivity index (χ0n) is 16.1. The molecule has 0 saturated heterocycles. The number of hydrogen-bond acceptors (Lipinski definition) is 2. The fourth-order valence-electron chi connectivity index (χ4n) is 3.98. The molecule has 0 saturated carbocycles. The molecule has 1 heterocycles. The highest BCUT2D eigenvalue weighted by Crippen LogP contribution is 2.44. The van der Waals surface area contributed by atoms with Crippen molar-refractivity contribution in [3.8, 4) is 10.4 Å². The van der Waals surface area contributed by atoms with Crippen molar-refractivity contribution in [3.05, 3.63) is 130 Å². The number of fused-ring (bicyclic) bond motifs is 1. The standard InChI is InChI=1S/C27H19BrOS/c28-22-16-14-21(15-17-22)27(29,20-9-2-1-3-10-20)24-12-6-5-11-23(24)26-18-19-8-4-7-13-25(19)30-26/h1-18,29H.